The highest BCUT2D eigenvalue weighted by Crippen LogP contribution is 2.36. The van der Waals surface area contributed by atoms with E-state index in [-0.39, 0.29) is 11.8 Å². The lowest BCUT2D eigenvalue weighted by molar-refractivity contribution is 0.475. The second-order valence-electron chi connectivity index (χ2n) is 5.52. The predicted octanol–water partition coefficient (Wildman–Crippen LogP) is 4.95. The quantitative estimate of drug-likeness (QED) is 0.727. The molecule has 0 bridgehead atoms. The lowest BCUT2D eigenvalue weighted by Gasteiger charge is -2.13. The molecule has 0 spiro atoms. The zero-order chi connectivity index (χ0) is 15.1. The van der Waals surface area contributed by atoms with Crippen molar-refractivity contribution in [2.75, 3.05) is 0 Å². The van der Waals surface area contributed by atoms with Crippen LogP contribution in [0.3, 0.4) is 0 Å². The van der Waals surface area contributed by atoms with Crippen LogP contribution in [-0.2, 0) is 0 Å². The van der Waals surface area contributed by atoms with Gasteiger partial charge in [-0.05, 0) is 50.6 Å². The molecule has 0 aliphatic carbocycles. The SMILES string of the molecule is Cc1cc(O)ccc1-c1c2cccc(Cl)c2nn1C(C)C. The molecule has 0 radical (unpaired) electrons. The van der Waals surface area contributed by atoms with Crippen molar-refractivity contribution in [2.45, 2.75) is 26.8 Å². The van der Waals surface area contributed by atoms with Gasteiger partial charge in [0.2, 0.25) is 0 Å². The van der Waals surface area contributed by atoms with Gasteiger partial charge in [-0.1, -0.05) is 23.7 Å². The zero-order valence-corrected chi connectivity index (χ0v) is 13.0. The van der Waals surface area contributed by atoms with Crippen molar-refractivity contribution in [3.05, 3.63) is 47.0 Å². The molecule has 1 heterocycles. The summed E-state index contributed by atoms with van der Waals surface area (Å²) in [6.07, 6.45) is 0. The number of hydrogen-bond donors (Lipinski definition) is 1. The Morgan fingerprint density at radius 2 is 1.95 bits per heavy atom. The summed E-state index contributed by atoms with van der Waals surface area (Å²) in [5, 5.41) is 16.0. The predicted molar refractivity (Wildman–Crippen MR) is 87.0 cm³/mol. The second kappa shape index (κ2) is 5.08. The van der Waals surface area contributed by atoms with E-state index in [1.165, 1.54) is 0 Å². The Hall–Kier alpha value is -2.00. The fourth-order valence-corrected chi connectivity index (χ4v) is 2.86. The van der Waals surface area contributed by atoms with Gasteiger partial charge < -0.3 is 5.11 Å². The van der Waals surface area contributed by atoms with Crippen molar-refractivity contribution < 1.29 is 5.11 Å². The van der Waals surface area contributed by atoms with E-state index >= 15 is 0 Å². The van der Waals surface area contributed by atoms with Gasteiger partial charge in [0.25, 0.3) is 0 Å². The van der Waals surface area contributed by atoms with Gasteiger partial charge in [-0.2, -0.15) is 5.10 Å². The van der Waals surface area contributed by atoms with Crippen LogP contribution >= 0.6 is 11.6 Å². The molecule has 0 atom stereocenters. The Bertz CT molecular complexity index is 821. The Morgan fingerprint density at radius 3 is 2.62 bits per heavy atom. The number of phenolic OH excluding ortho intramolecular Hbond substituents is 1. The van der Waals surface area contributed by atoms with Crippen LogP contribution in [-0.4, -0.2) is 14.9 Å². The van der Waals surface area contributed by atoms with Crippen molar-refractivity contribution in [3.63, 3.8) is 0 Å². The molecular weight excluding hydrogens is 284 g/mol. The van der Waals surface area contributed by atoms with Crippen LogP contribution in [0, 0.1) is 6.92 Å². The van der Waals surface area contributed by atoms with Gasteiger partial charge in [0.1, 0.15) is 11.3 Å². The molecule has 0 fully saturated rings. The van der Waals surface area contributed by atoms with Gasteiger partial charge in [0.05, 0.1) is 10.7 Å². The lowest BCUT2D eigenvalue weighted by Crippen LogP contribution is -2.05. The van der Waals surface area contributed by atoms with E-state index in [9.17, 15) is 5.11 Å². The van der Waals surface area contributed by atoms with Crippen molar-refractivity contribution in [2.24, 2.45) is 0 Å². The molecule has 2 aromatic carbocycles. The van der Waals surface area contributed by atoms with Crippen LogP contribution in [0.4, 0.5) is 0 Å². The lowest BCUT2D eigenvalue weighted by atomic mass is 10.0. The number of phenols is 1. The van der Waals surface area contributed by atoms with E-state index in [4.69, 9.17) is 11.6 Å². The van der Waals surface area contributed by atoms with Crippen LogP contribution in [0.25, 0.3) is 22.2 Å². The summed E-state index contributed by atoms with van der Waals surface area (Å²) >= 11 is 6.28. The first kappa shape index (κ1) is 14.0. The van der Waals surface area contributed by atoms with Crippen molar-refractivity contribution >= 4 is 22.5 Å². The highest BCUT2D eigenvalue weighted by atomic mass is 35.5. The molecule has 0 unspecified atom stereocenters. The minimum atomic E-state index is 0.219. The largest absolute Gasteiger partial charge is 0.508 e. The Balaban J connectivity index is 2.39. The third-order valence-corrected chi connectivity index (χ3v) is 3.94. The molecule has 1 N–H and O–H groups in total. The molecule has 0 saturated heterocycles. The van der Waals surface area contributed by atoms with Gasteiger partial charge >= 0.3 is 0 Å². The maximum atomic E-state index is 9.63. The minimum Gasteiger partial charge on any atom is -0.508 e. The van der Waals surface area contributed by atoms with Gasteiger partial charge in [-0.15, -0.1) is 0 Å². The van der Waals surface area contributed by atoms with E-state index < -0.39 is 0 Å². The first-order valence-corrected chi connectivity index (χ1v) is 7.33. The molecule has 0 aliphatic heterocycles. The second-order valence-corrected chi connectivity index (χ2v) is 5.93. The van der Waals surface area contributed by atoms with Gasteiger partial charge in [0, 0.05) is 17.0 Å². The summed E-state index contributed by atoms with van der Waals surface area (Å²) in [6.45, 7) is 6.18. The molecule has 3 rings (SSSR count). The summed E-state index contributed by atoms with van der Waals surface area (Å²) in [5.41, 5.74) is 3.93. The minimum absolute atomic E-state index is 0.219. The van der Waals surface area contributed by atoms with Crippen LogP contribution in [0.15, 0.2) is 36.4 Å². The number of aryl methyl sites for hydroxylation is 1. The van der Waals surface area contributed by atoms with Crippen molar-refractivity contribution in [1.82, 2.24) is 9.78 Å². The van der Waals surface area contributed by atoms with E-state index in [0.717, 1.165) is 27.7 Å². The Morgan fingerprint density at radius 1 is 1.19 bits per heavy atom. The molecular formula is C17H17ClN2O. The zero-order valence-electron chi connectivity index (χ0n) is 12.3. The summed E-state index contributed by atoms with van der Waals surface area (Å²) in [4.78, 5) is 0. The topological polar surface area (TPSA) is 38.1 Å². The van der Waals surface area contributed by atoms with Crippen molar-refractivity contribution in [3.8, 4) is 17.0 Å². The number of hydrogen-bond acceptors (Lipinski definition) is 2. The monoisotopic (exact) mass is 300 g/mol. The molecule has 0 amide bonds. The molecule has 0 aliphatic rings. The third-order valence-electron chi connectivity index (χ3n) is 3.63. The number of halogens is 1. The summed E-state index contributed by atoms with van der Waals surface area (Å²) in [5.74, 6) is 0.272. The van der Waals surface area contributed by atoms with Crippen LogP contribution in [0.2, 0.25) is 5.02 Å². The van der Waals surface area contributed by atoms with E-state index in [1.807, 2.05) is 35.9 Å². The molecule has 3 nitrogen and oxygen atoms in total. The molecule has 4 heteroatoms. The third kappa shape index (κ3) is 2.28. The average Bonchev–Trinajstić information content (AvgIpc) is 2.80. The first-order valence-electron chi connectivity index (χ1n) is 6.95. The van der Waals surface area contributed by atoms with Crippen molar-refractivity contribution in [1.29, 1.82) is 0 Å². The molecule has 3 aromatic rings. The summed E-state index contributed by atoms with van der Waals surface area (Å²) in [6, 6.07) is 11.5. The maximum absolute atomic E-state index is 9.63. The average molecular weight is 301 g/mol. The number of aromatic hydroxyl groups is 1. The number of aromatic nitrogens is 2. The number of rotatable bonds is 2. The number of benzene rings is 2. The fourth-order valence-electron chi connectivity index (χ4n) is 2.64. The van der Waals surface area contributed by atoms with Gasteiger partial charge in [-0.3, -0.25) is 4.68 Å². The number of nitrogens with zero attached hydrogens (tertiary/aromatic N) is 2. The normalized spacial score (nSPS) is 11.5. The van der Waals surface area contributed by atoms with Gasteiger partial charge in [-0.25, -0.2) is 0 Å². The fraction of sp³-hybridized carbons (Fsp3) is 0.235. The van der Waals surface area contributed by atoms with E-state index in [0.29, 0.717) is 5.02 Å². The highest BCUT2D eigenvalue weighted by Gasteiger charge is 2.18. The van der Waals surface area contributed by atoms with Crippen LogP contribution in [0.1, 0.15) is 25.5 Å². The van der Waals surface area contributed by atoms with Gasteiger partial charge in [0.15, 0.2) is 0 Å². The standard InChI is InChI=1S/C17H17ClN2O/c1-10(2)20-17(13-8-7-12(21)9-11(13)3)14-5-4-6-15(18)16(14)19-20/h4-10,21H,1-3H3. The molecule has 21 heavy (non-hydrogen) atoms. The van der Waals surface area contributed by atoms with Crippen LogP contribution in [0.5, 0.6) is 5.75 Å². The maximum Gasteiger partial charge on any atom is 0.115 e. The summed E-state index contributed by atoms with van der Waals surface area (Å²) in [7, 11) is 0. The smallest absolute Gasteiger partial charge is 0.115 e. The highest BCUT2D eigenvalue weighted by molar-refractivity contribution is 6.35. The van der Waals surface area contributed by atoms with E-state index in [1.54, 1.807) is 12.1 Å². The Kier molecular flexibility index (Phi) is 3.38. The number of fused-ring (bicyclic) bond motifs is 1. The molecule has 108 valence electrons. The molecule has 0 saturated carbocycles. The Labute approximate surface area is 128 Å². The molecule has 1 aromatic heterocycles. The first-order chi connectivity index (χ1) is 9.99. The van der Waals surface area contributed by atoms with Crippen LogP contribution < -0.4 is 0 Å². The van der Waals surface area contributed by atoms with E-state index in [2.05, 4.69) is 18.9 Å². The summed E-state index contributed by atoms with van der Waals surface area (Å²) < 4.78 is 2.00.